The van der Waals surface area contributed by atoms with E-state index in [2.05, 4.69) is 4.98 Å². The minimum absolute atomic E-state index is 0.101. The molecule has 0 aromatic carbocycles. The van der Waals surface area contributed by atoms with Gasteiger partial charge in [-0.25, -0.2) is 18.7 Å². The van der Waals surface area contributed by atoms with Crippen LogP contribution in [0.5, 0.6) is 0 Å². The summed E-state index contributed by atoms with van der Waals surface area (Å²) in [6.07, 6.45) is 0.470. The molecular formula is C22H24F2N4O3. The fraction of sp³-hybridized carbons (Fsp3) is 0.455. The fourth-order valence-corrected chi connectivity index (χ4v) is 4.49. The molecule has 5 heterocycles. The van der Waals surface area contributed by atoms with Crippen molar-refractivity contribution < 1.29 is 23.0 Å². The van der Waals surface area contributed by atoms with Gasteiger partial charge in [0, 0.05) is 55.5 Å². The zero-order valence-electron chi connectivity index (χ0n) is 17.2. The number of nitrogens with zero attached hydrogens (tertiary/aromatic N) is 3. The molecule has 0 saturated carbocycles. The minimum Gasteiger partial charge on any atom is -0.384 e. The van der Waals surface area contributed by atoms with Crippen LogP contribution in [0, 0.1) is 0 Å². The molecule has 0 spiro atoms. The zero-order chi connectivity index (χ0) is 21.6. The van der Waals surface area contributed by atoms with E-state index in [1.165, 1.54) is 12.1 Å². The Morgan fingerprint density at radius 1 is 1.23 bits per heavy atom. The predicted molar refractivity (Wildman–Crippen MR) is 110 cm³/mol. The summed E-state index contributed by atoms with van der Waals surface area (Å²) in [4.78, 5) is 9.01. The first-order valence-corrected chi connectivity index (χ1v) is 10.3. The van der Waals surface area contributed by atoms with Crippen molar-refractivity contribution in [3.8, 4) is 11.3 Å². The molecule has 9 heteroatoms. The summed E-state index contributed by atoms with van der Waals surface area (Å²) < 4.78 is 46.4. The Labute approximate surface area is 178 Å². The lowest BCUT2D eigenvalue weighted by Gasteiger charge is -2.26. The Morgan fingerprint density at radius 3 is 2.77 bits per heavy atom. The van der Waals surface area contributed by atoms with Gasteiger partial charge in [-0.2, -0.15) is 0 Å². The van der Waals surface area contributed by atoms with E-state index in [9.17, 15) is 8.78 Å². The molecule has 2 N–H and O–H groups in total. The maximum atomic E-state index is 13.8. The van der Waals surface area contributed by atoms with Crippen molar-refractivity contribution in [2.24, 2.45) is 0 Å². The fourth-order valence-electron chi connectivity index (χ4n) is 4.49. The number of nitrogens with two attached hydrogens (primary N) is 1. The molecule has 0 bridgehead atoms. The van der Waals surface area contributed by atoms with Crippen LogP contribution in [-0.4, -0.2) is 47.9 Å². The minimum atomic E-state index is -2.64. The van der Waals surface area contributed by atoms with Crippen molar-refractivity contribution >= 4 is 11.3 Å². The molecule has 2 fully saturated rings. The first kappa shape index (κ1) is 20.3. The van der Waals surface area contributed by atoms with Crippen LogP contribution in [0.4, 0.5) is 14.6 Å². The lowest BCUT2D eigenvalue weighted by atomic mass is 9.95. The van der Waals surface area contributed by atoms with Gasteiger partial charge in [0.15, 0.2) is 0 Å². The van der Waals surface area contributed by atoms with Crippen molar-refractivity contribution in [2.45, 2.75) is 30.8 Å². The number of methoxy groups -OCH3 is 1. The molecule has 31 heavy (non-hydrogen) atoms. The number of pyridine rings is 1. The molecule has 3 aromatic heterocycles. The van der Waals surface area contributed by atoms with Gasteiger partial charge in [0.05, 0.1) is 30.1 Å². The second kappa shape index (κ2) is 7.81. The first-order valence-electron chi connectivity index (χ1n) is 10.3. The van der Waals surface area contributed by atoms with Crippen molar-refractivity contribution in [2.75, 3.05) is 39.3 Å². The smallest absolute Gasteiger partial charge is 0.263 e. The number of halogens is 2. The van der Waals surface area contributed by atoms with Gasteiger partial charge in [0.2, 0.25) is 0 Å². The number of fused-ring (bicyclic) bond motifs is 1. The molecule has 0 aliphatic carbocycles. The van der Waals surface area contributed by atoms with Gasteiger partial charge in [-0.05, 0) is 24.6 Å². The van der Waals surface area contributed by atoms with Gasteiger partial charge in [-0.1, -0.05) is 0 Å². The number of ether oxygens (including phenoxy) is 3. The number of nitrogen functional groups attached to an aromatic ring is 1. The lowest BCUT2D eigenvalue weighted by Crippen LogP contribution is -2.30. The van der Waals surface area contributed by atoms with E-state index in [0.29, 0.717) is 43.4 Å². The molecule has 0 amide bonds. The second-order valence-electron chi connectivity index (χ2n) is 8.09. The van der Waals surface area contributed by atoms with E-state index >= 15 is 0 Å². The molecule has 3 aromatic rings. The Kier molecular flexibility index (Phi) is 5.11. The third kappa shape index (κ3) is 3.46. The molecule has 164 valence electrons. The number of alkyl halides is 2. The first-order chi connectivity index (χ1) is 15.0. The van der Waals surface area contributed by atoms with E-state index in [1.54, 1.807) is 19.5 Å². The largest absolute Gasteiger partial charge is 0.384 e. The van der Waals surface area contributed by atoms with Crippen LogP contribution in [0.1, 0.15) is 42.1 Å². The van der Waals surface area contributed by atoms with E-state index in [-0.39, 0.29) is 18.1 Å². The summed E-state index contributed by atoms with van der Waals surface area (Å²) in [5, 5.41) is 0. The van der Waals surface area contributed by atoms with Crippen molar-refractivity contribution in [3.63, 3.8) is 0 Å². The van der Waals surface area contributed by atoms with Gasteiger partial charge in [0.1, 0.15) is 17.7 Å². The summed E-state index contributed by atoms with van der Waals surface area (Å²) in [5.41, 5.74) is 8.43. The number of rotatable bonds is 5. The summed E-state index contributed by atoms with van der Waals surface area (Å²) in [6, 6.07) is 6.60. The van der Waals surface area contributed by atoms with Crippen LogP contribution in [0.3, 0.4) is 0 Å². The molecule has 2 atom stereocenters. The van der Waals surface area contributed by atoms with Crippen LogP contribution in [-0.2, 0) is 19.8 Å². The van der Waals surface area contributed by atoms with Crippen LogP contribution < -0.4 is 5.73 Å². The zero-order valence-corrected chi connectivity index (χ0v) is 17.2. The Morgan fingerprint density at radius 2 is 2.10 bits per heavy atom. The molecule has 1 unspecified atom stereocenters. The van der Waals surface area contributed by atoms with Crippen molar-refractivity contribution in [1.82, 2.24) is 14.4 Å². The number of hydrogen-bond acceptors (Lipinski definition) is 6. The predicted octanol–water partition coefficient (Wildman–Crippen LogP) is 3.68. The number of aromatic nitrogens is 3. The highest BCUT2D eigenvalue weighted by Crippen LogP contribution is 2.39. The van der Waals surface area contributed by atoms with Gasteiger partial charge in [-0.3, -0.25) is 0 Å². The molecule has 5 rings (SSSR count). The maximum Gasteiger partial charge on any atom is 0.263 e. The SMILES string of the molecule is CO[C@]1(c2cc(C(F)F)cc(-c3cc(C4CCOC4)n4cnc(N)cc34)n2)CCOC1. The molecule has 7 nitrogen and oxygen atoms in total. The summed E-state index contributed by atoms with van der Waals surface area (Å²) in [5.74, 6) is 0.543. The van der Waals surface area contributed by atoms with Gasteiger partial charge in [-0.15, -0.1) is 0 Å². The molecule has 2 aliphatic heterocycles. The highest BCUT2D eigenvalue weighted by molar-refractivity contribution is 5.82. The number of hydrogen-bond donors (Lipinski definition) is 1. The summed E-state index contributed by atoms with van der Waals surface area (Å²) >= 11 is 0. The third-order valence-corrected chi connectivity index (χ3v) is 6.28. The topological polar surface area (TPSA) is 83.9 Å². The monoisotopic (exact) mass is 430 g/mol. The Balaban J connectivity index is 1.72. The average Bonchev–Trinajstić information content (AvgIpc) is 3.52. The number of anilines is 1. The van der Waals surface area contributed by atoms with Crippen LogP contribution in [0.25, 0.3) is 16.8 Å². The highest BCUT2D eigenvalue weighted by atomic mass is 19.3. The maximum absolute atomic E-state index is 13.8. The van der Waals surface area contributed by atoms with Crippen LogP contribution >= 0.6 is 0 Å². The van der Waals surface area contributed by atoms with Crippen molar-refractivity contribution in [1.29, 1.82) is 0 Å². The van der Waals surface area contributed by atoms with Crippen LogP contribution in [0.2, 0.25) is 0 Å². The van der Waals surface area contributed by atoms with Crippen LogP contribution in [0.15, 0.2) is 30.6 Å². The van der Waals surface area contributed by atoms with E-state index in [1.807, 2.05) is 10.5 Å². The van der Waals surface area contributed by atoms with Gasteiger partial charge < -0.3 is 24.3 Å². The molecular weight excluding hydrogens is 406 g/mol. The summed E-state index contributed by atoms with van der Waals surface area (Å²) in [6.45, 7) is 2.07. The standard InChI is InChI=1S/C22H24F2N4O3/c1-29-22(3-5-31-11-22)19-7-14(21(23)24)6-16(27-19)15-8-17(13-2-4-30-10-13)28-12-26-20(25)9-18(15)28/h6-9,12-13,21H,2-5,10-11,25H2,1H3/t13?,22-/m1/s1. The molecule has 2 aliphatic rings. The van der Waals surface area contributed by atoms with Crippen molar-refractivity contribution in [3.05, 3.63) is 47.5 Å². The molecule has 2 saturated heterocycles. The normalized spacial score (nSPS) is 23.9. The second-order valence-corrected chi connectivity index (χ2v) is 8.09. The quantitative estimate of drug-likeness (QED) is 0.665. The van der Waals surface area contributed by atoms with E-state index in [4.69, 9.17) is 24.9 Å². The summed E-state index contributed by atoms with van der Waals surface area (Å²) in [7, 11) is 1.56. The van der Waals surface area contributed by atoms with Gasteiger partial charge >= 0.3 is 0 Å². The highest BCUT2D eigenvalue weighted by Gasteiger charge is 2.39. The lowest BCUT2D eigenvalue weighted by molar-refractivity contribution is -0.0247. The Hall–Kier alpha value is -2.62. The average molecular weight is 430 g/mol. The molecule has 0 radical (unpaired) electrons. The van der Waals surface area contributed by atoms with Gasteiger partial charge in [0.25, 0.3) is 6.43 Å². The Bertz CT molecular complexity index is 1110. The third-order valence-electron chi connectivity index (χ3n) is 6.28. The van der Waals surface area contributed by atoms with E-state index in [0.717, 1.165) is 23.2 Å². The van der Waals surface area contributed by atoms with E-state index < -0.39 is 12.0 Å².